The average molecular weight is 390 g/mol. The first-order chi connectivity index (χ1) is 12.6. The summed E-state index contributed by atoms with van der Waals surface area (Å²) in [6.45, 7) is 0.778. The van der Waals surface area contributed by atoms with E-state index in [9.17, 15) is 13.2 Å². The van der Waals surface area contributed by atoms with E-state index in [4.69, 9.17) is 0 Å². The predicted octanol–water partition coefficient (Wildman–Crippen LogP) is 3.31. The van der Waals surface area contributed by atoms with E-state index in [0.717, 1.165) is 11.3 Å². The Morgan fingerprint density at radius 2 is 1.65 bits per heavy atom. The summed E-state index contributed by atoms with van der Waals surface area (Å²) in [5.41, 5.74) is 2.01. The summed E-state index contributed by atoms with van der Waals surface area (Å²) < 4.78 is 25.3. The normalized spacial score (nSPS) is 19.7. The van der Waals surface area contributed by atoms with Crippen molar-refractivity contribution >= 4 is 27.5 Å². The van der Waals surface area contributed by atoms with Gasteiger partial charge in [0.2, 0.25) is 5.91 Å². The number of carbonyl (C=O) groups is 1. The maximum atomic E-state index is 12.6. The maximum Gasteiger partial charge on any atom is 0.232 e. The van der Waals surface area contributed by atoms with Crippen LogP contribution in [0.25, 0.3) is 0 Å². The van der Waals surface area contributed by atoms with Gasteiger partial charge in [-0.25, -0.2) is 8.42 Å². The molecule has 0 N–H and O–H groups in total. The van der Waals surface area contributed by atoms with Crippen LogP contribution < -0.4 is 0 Å². The molecule has 1 atom stereocenters. The molecule has 1 unspecified atom stereocenters. The fraction of sp³-hybridized carbons (Fsp3) is 0.350. The van der Waals surface area contributed by atoms with Crippen molar-refractivity contribution < 1.29 is 13.2 Å². The van der Waals surface area contributed by atoms with Gasteiger partial charge in [0.05, 0.1) is 16.8 Å². The van der Waals surface area contributed by atoms with Gasteiger partial charge in [0.1, 0.15) is 0 Å². The van der Waals surface area contributed by atoms with Crippen LogP contribution in [0, 0.1) is 0 Å². The fourth-order valence-corrected chi connectivity index (χ4v) is 5.84. The second-order valence-corrected chi connectivity index (χ2v) is 9.70. The monoisotopic (exact) mass is 389 g/mol. The molecule has 0 spiro atoms. The Kier molecular flexibility index (Phi) is 6.38. The van der Waals surface area contributed by atoms with Crippen LogP contribution in [-0.4, -0.2) is 43.8 Å². The lowest BCUT2D eigenvalue weighted by atomic mass is 10.1. The van der Waals surface area contributed by atoms with Crippen LogP contribution in [0.1, 0.15) is 22.8 Å². The first-order valence-electron chi connectivity index (χ1n) is 8.72. The zero-order valence-corrected chi connectivity index (χ0v) is 16.2. The van der Waals surface area contributed by atoms with Crippen molar-refractivity contribution in [3.63, 3.8) is 0 Å². The summed E-state index contributed by atoms with van der Waals surface area (Å²) in [7, 11) is -3.24. The number of hydrogen-bond acceptors (Lipinski definition) is 4. The summed E-state index contributed by atoms with van der Waals surface area (Å²) in [6.07, 6.45) is 0.460. The molecule has 2 aromatic carbocycles. The Hall–Kier alpha value is -1.79. The summed E-state index contributed by atoms with van der Waals surface area (Å²) >= 11 is 1.57. The molecule has 2 aromatic rings. The van der Waals surface area contributed by atoms with E-state index in [1.807, 2.05) is 60.7 Å². The molecule has 3 rings (SSSR count). The molecule has 1 aliphatic rings. The van der Waals surface area contributed by atoms with Crippen molar-refractivity contribution in [3.8, 4) is 0 Å². The van der Waals surface area contributed by atoms with Crippen LogP contribution in [-0.2, 0) is 20.4 Å². The third-order valence-electron chi connectivity index (χ3n) is 4.60. The van der Waals surface area contributed by atoms with Gasteiger partial charge in [0.25, 0.3) is 0 Å². The van der Waals surface area contributed by atoms with E-state index in [0.29, 0.717) is 18.7 Å². The van der Waals surface area contributed by atoms with Gasteiger partial charge in [0.15, 0.2) is 9.84 Å². The Bertz CT molecular complexity index is 823. The number of hydrogen-bond donors (Lipinski definition) is 0. The largest absolute Gasteiger partial charge is 0.341 e. The van der Waals surface area contributed by atoms with Crippen LogP contribution in [0.4, 0.5) is 0 Å². The maximum absolute atomic E-state index is 12.6. The molecule has 1 amide bonds. The zero-order valence-electron chi connectivity index (χ0n) is 14.6. The molecule has 6 heteroatoms. The number of thioether (sulfide) groups is 1. The van der Waals surface area contributed by atoms with Crippen molar-refractivity contribution in [3.05, 3.63) is 71.8 Å². The Morgan fingerprint density at radius 1 is 1.00 bits per heavy atom. The highest BCUT2D eigenvalue weighted by Crippen LogP contribution is 2.29. The van der Waals surface area contributed by atoms with Crippen LogP contribution in [0.15, 0.2) is 60.7 Å². The first-order valence-corrected chi connectivity index (χ1v) is 11.6. The summed E-state index contributed by atoms with van der Waals surface area (Å²) in [6, 6.07) is 19.3. The number of nitrogens with zero attached hydrogens (tertiary/aromatic N) is 1. The SMILES string of the molecule is O=C(CSCc1ccccc1)N1CCC(c2ccccc2)S(=O)(=O)CC1. The molecule has 1 fully saturated rings. The molecule has 1 saturated heterocycles. The minimum absolute atomic E-state index is 0.0230. The highest BCUT2D eigenvalue weighted by atomic mass is 32.2. The van der Waals surface area contributed by atoms with Crippen molar-refractivity contribution in [2.24, 2.45) is 0 Å². The minimum Gasteiger partial charge on any atom is -0.341 e. The molecule has 0 bridgehead atoms. The Balaban J connectivity index is 1.58. The second-order valence-electron chi connectivity index (χ2n) is 6.41. The van der Waals surface area contributed by atoms with Gasteiger partial charge in [-0.3, -0.25) is 4.79 Å². The van der Waals surface area contributed by atoms with E-state index < -0.39 is 15.1 Å². The number of benzene rings is 2. The average Bonchev–Trinajstić information content (AvgIpc) is 2.81. The van der Waals surface area contributed by atoms with Crippen molar-refractivity contribution in [1.82, 2.24) is 4.90 Å². The lowest BCUT2D eigenvalue weighted by Crippen LogP contribution is -2.34. The smallest absolute Gasteiger partial charge is 0.232 e. The summed E-state index contributed by atoms with van der Waals surface area (Å²) in [5, 5.41) is -0.515. The molecule has 26 heavy (non-hydrogen) atoms. The van der Waals surface area contributed by atoms with Crippen molar-refractivity contribution in [2.75, 3.05) is 24.6 Å². The van der Waals surface area contributed by atoms with Gasteiger partial charge in [-0.1, -0.05) is 60.7 Å². The molecule has 4 nitrogen and oxygen atoms in total. The van der Waals surface area contributed by atoms with Crippen LogP contribution in [0.2, 0.25) is 0 Å². The van der Waals surface area contributed by atoms with Crippen molar-refractivity contribution in [2.45, 2.75) is 17.4 Å². The van der Waals surface area contributed by atoms with Gasteiger partial charge in [-0.05, 0) is 17.5 Å². The van der Waals surface area contributed by atoms with E-state index >= 15 is 0 Å². The van der Waals surface area contributed by atoms with Gasteiger partial charge < -0.3 is 4.90 Å². The Morgan fingerprint density at radius 3 is 2.35 bits per heavy atom. The van der Waals surface area contributed by atoms with Crippen LogP contribution in [0.3, 0.4) is 0 Å². The lowest BCUT2D eigenvalue weighted by molar-refractivity contribution is -0.128. The van der Waals surface area contributed by atoms with E-state index in [1.54, 1.807) is 16.7 Å². The zero-order chi connectivity index (χ0) is 18.4. The summed E-state index contributed by atoms with van der Waals surface area (Å²) in [4.78, 5) is 14.2. The third kappa shape index (κ3) is 4.89. The molecule has 1 aliphatic heterocycles. The molecular weight excluding hydrogens is 366 g/mol. The molecule has 0 saturated carbocycles. The van der Waals surface area contributed by atoms with E-state index in [2.05, 4.69) is 0 Å². The number of sulfone groups is 1. The number of carbonyl (C=O) groups excluding carboxylic acids is 1. The van der Waals surface area contributed by atoms with E-state index in [-0.39, 0.29) is 18.2 Å². The number of amides is 1. The second kappa shape index (κ2) is 8.73. The molecule has 138 valence electrons. The highest BCUT2D eigenvalue weighted by Gasteiger charge is 2.32. The van der Waals surface area contributed by atoms with Gasteiger partial charge in [0, 0.05) is 18.8 Å². The topological polar surface area (TPSA) is 54.5 Å². The third-order valence-corrected chi connectivity index (χ3v) is 7.72. The summed E-state index contributed by atoms with van der Waals surface area (Å²) in [5.74, 6) is 1.22. The molecule has 1 heterocycles. The van der Waals surface area contributed by atoms with Crippen molar-refractivity contribution in [1.29, 1.82) is 0 Å². The quantitative estimate of drug-likeness (QED) is 0.787. The van der Waals surface area contributed by atoms with Gasteiger partial charge in [-0.15, -0.1) is 11.8 Å². The fourth-order valence-electron chi connectivity index (χ4n) is 3.16. The Labute approximate surface area is 159 Å². The molecule has 0 radical (unpaired) electrons. The van der Waals surface area contributed by atoms with Gasteiger partial charge >= 0.3 is 0 Å². The predicted molar refractivity (Wildman–Crippen MR) is 107 cm³/mol. The van der Waals surface area contributed by atoms with Crippen LogP contribution in [0.5, 0.6) is 0 Å². The van der Waals surface area contributed by atoms with Crippen LogP contribution >= 0.6 is 11.8 Å². The molecule has 0 aromatic heterocycles. The first kappa shape index (κ1) is 19.0. The highest BCUT2D eigenvalue weighted by molar-refractivity contribution is 7.99. The molecular formula is C20H23NO3S2. The minimum atomic E-state index is -3.24. The molecule has 0 aliphatic carbocycles. The lowest BCUT2D eigenvalue weighted by Gasteiger charge is -2.20. The van der Waals surface area contributed by atoms with Gasteiger partial charge in [-0.2, -0.15) is 0 Å². The van der Waals surface area contributed by atoms with E-state index in [1.165, 1.54) is 5.56 Å². The standard InChI is InChI=1S/C20H23NO3S2/c22-20(16-25-15-17-7-3-1-4-8-17)21-12-11-19(26(23,24)14-13-21)18-9-5-2-6-10-18/h1-10,19H,11-16H2. The number of rotatable bonds is 5.